The summed E-state index contributed by atoms with van der Waals surface area (Å²) in [5.74, 6) is -0.919. The Morgan fingerprint density at radius 1 is 1.44 bits per heavy atom. The zero-order chi connectivity index (χ0) is 12.6. The molecule has 0 aromatic rings. The van der Waals surface area contributed by atoms with Crippen LogP contribution in [0.25, 0.3) is 0 Å². The third-order valence-electron chi connectivity index (χ3n) is 1.48. The molecule has 0 aliphatic rings. The standard InChI is InChI=1S/C12H16N2O2/c1-4-7-14-12(13)10(8-11(15)16)6-5-9(2)3/h4-8H,2H2,1,3H3,(H2,13,14)(H,15,16)/b6-5-,7-4-,10-8-. The third kappa shape index (κ3) is 6.37. The lowest BCUT2D eigenvalue weighted by molar-refractivity contribution is -0.131. The Morgan fingerprint density at radius 2 is 2.06 bits per heavy atom. The molecule has 0 unspecified atom stereocenters. The summed E-state index contributed by atoms with van der Waals surface area (Å²) in [6.45, 7) is 7.26. The SMILES string of the molecule is C=C(C)\C=C/C(=C/C(=O)O)C(/N)=N\C=C/C. The molecule has 0 aliphatic heterocycles. The molecule has 0 rings (SSSR count). The predicted molar refractivity (Wildman–Crippen MR) is 66.1 cm³/mol. The van der Waals surface area contributed by atoms with Gasteiger partial charge >= 0.3 is 5.97 Å². The molecule has 3 N–H and O–H groups in total. The first kappa shape index (κ1) is 13.9. The number of hydrogen-bond acceptors (Lipinski definition) is 2. The van der Waals surface area contributed by atoms with Gasteiger partial charge in [0.05, 0.1) is 0 Å². The van der Waals surface area contributed by atoms with Gasteiger partial charge in [-0.2, -0.15) is 0 Å². The number of carboxylic acid groups (broad SMARTS) is 1. The molecule has 0 amide bonds. The van der Waals surface area contributed by atoms with Crippen molar-refractivity contribution in [3.05, 3.63) is 48.2 Å². The molecule has 0 aromatic heterocycles. The molecule has 0 atom stereocenters. The van der Waals surface area contributed by atoms with E-state index in [4.69, 9.17) is 10.8 Å². The molecule has 0 heterocycles. The van der Waals surface area contributed by atoms with Gasteiger partial charge in [-0.1, -0.05) is 30.4 Å². The second kappa shape index (κ2) is 7.23. The van der Waals surface area contributed by atoms with Crippen LogP contribution in [0.5, 0.6) is 0 Å². The fraction of sp³-hybridized carbons (Fsp3) is 0.167. The van der Waals surface area contributed by atoms with E-state index < -0.39 is 5.97 Å². The fourth-order valence-electron chi connectivity index (χ4n) is 0.802. The van der Waals surface area contributed by atoms with E-state index in [9.17, 15) is 4.79 Å². The Labute approximate surface area is 95.2 Å². The van der Waals surface area contributed by atoms with Gasteiger partial charge in [0.2, 0.25) is 0 Å². The zero-order valence-electron chi connectivity index (χ0n) is 9.47. The van der Waals surface area contributed by atoms with Crippen molar-refractivity contribution in [2.75, 3.05) is 0 Å². The molecule has 4 heteroatoms. The number of nitrogens with two attached hydrogens (primary N) is 1. The molecule has 0 bridgehead atoms. The van der Waals surface area contributed by atoms with Crippen LogP contribution in [0.3, 0.4) is 0 Å². The predicted octanol–water partition coefficient (Wildman–Crippen LogP) is 2.02. The van der Waals surface area contributed by atoms with Gasteiger partial charge in [-0.15, -0.1) is 0 Å². The van der Waals surface area contributed by atoms with Crippen LogP contribution in [0.15, 0.2) is 53.2 Å². The Morgan fingerprint density at radius 3 is 2.50 bits per heavy atom. The van der Waals surface area contributed by atoms with Gasteiger partial charge < -0.3 is 10.8 Å². The van der Waals surface area contributed by atoms with E-state index in [2.05, 4.69) is 11.6 Å². The number of rotatable bonds is 5. The number of amidine groups is 1. The van der Waals surface area contributed by atoms with Crippen molar-refractivity contribution in [3.63, 3.8) is 0 Å². The van der Waals surface area contributed by atoms with Gasteiger partial charge in [0.1, 0.15) is 5.84 Å². The largest absolute Gasteiger partial charge is 0.478 e. The fourth-order valence-corrected chi connectivity index (χ4v) is 0.802. The summed E-state index contributed by atoms with van der Waals surface area (Å²) in [4.78, 5) is 14.4. The molecule has 86 valence electrons. The summed E-state index contributed by atoms with van der Waals surface area (Å²) in [5, 5.41) is 8.66. The van der Waals surface area contributed by atoms with E-state index in [1.165, 1.54) is 6.20 Å². The van der Waals surface area contributed by atoms with Crippen molar-refractivity contribution in [3.8, 4) is 0 Å². The van der Waals surface area contributed by atoms with E-state index in [0.717, 1.165) is 11.6 Å². The summed E-state index contributed by atoms with van der Waals surface area (Å²) in [6, 6.07) is 0. The smallest absolute Gasteiger partial charge is 0.329 e. The molecule has 4 nitrogen and oxygen atoms in total. The van der Waals surface area contributed by atoms with E-state index in [1.54, 1.807) is 32.1 Å². The van der Waals surface area contributed by atoms with Crippen molar-refractivity contribution < 1.29 is 9.90 Å². The second-order valence-corrected chi connectivity index (χ2v) is 3.11. The number of carboxylic acids is 1. The van der Waals surface area contributed by atoms with Crippen LogP contribution in [0.4, 0.5) is 0 Å². The van der Waals surface area contributed by atoms with Gasteiger partial charge in [-0.25, -0.2) is 9.79 Å². The second-order valence-electron chi connectivity index (χ2n) is 3.11. The Balaban J connectivity index is 5.10. The Bertz CT molecular complexity index is 388. The number of allylic oxidation sites excluding steroid dienone is 3. The van der Waals surface area contributed by atoms with Crippen LogP contribution in [0.2, 0.25) is 0 Å². The Hall–Kier alpha value is -2.10. The van der Waals surface area contributed by atoms with Gasteiger partial charge in [0.25, 0.3) is 0 Å². The lowest BCUT2D eigenvalue weighted by Gasteiger charge is -1.99. The minimum Gasteiger partial charge on any atom is -0.478 e. The monoisotopic (exact) mass is 220 g/mol. The van der Waals surface area contributed by atoms with Crippen molar-refractivity contribution in [1.82, 2.24) is 0 Å². The van der Waals surface area contributed by atoms with Crippen LogP contribution < -0.4 is 5.73 Å². The summed E-state index contributed by atoms with van der Waals surface area (Å²) < 4.78 is 0. The maximum Gasteiger partial charge on any atom is 0.329 e. The number of carbonyl (C=O) groups is 1. The molecule has 0 spiro atoms. The quantitative estimate of drug-likeness (QED) is 0.322. The zero-order valence-corrected chi connectivity index (χ0v) is 9.47. The van der Waals surface area contributed by atoms with Crippen LogP contribution in [-0.4, -0.2) is 16.9 Å². The normalized spacial score (nSPS) is 13.6. The van der Waals surface area contributed by atoms with Gasteiger partial charge in [0, 0.05) is 17.8 Å². The number of aliphatic imine (C=N–C) groups is 1. The maximum absolute atomic E-state index is 10.6. The minimum absolute atomic E-state index is 0.151. The van der Waals surface area contributed by atoms with Crippen LogP contribution >= 0.6 is 0 Å². The third-order valence-corrected chi connectivity index (χ3v) is 1.48. The lowest BCUT2D eigenvalue weighted by atomic mass is 10.2. The molecule has 0 saturated carbocycles. The first-order chi connectivity index (χ1) is 7.47. The Kier molecular flexibility index (Phi) is 6.28. The average Bonchev–Trinajstić information content (AvgIpc) is 2.19. The number of hydrogen-bond donors (Lipinski definition) is 2. The van der Waals surface area contributed by atoms with Crippen molar-refractivity contribution >= 4 is 11.8 Å². The molecule has 0 aliphatic carbocycles. The molecule has 0 aromatic carbocycles. The highest BCUT2D eigenvalue weighted by atomic mass is 16.4. The van der Waals surface area contributed by atoms with Crippen LogP contribution in [-0.2, 0) is 4.79 Å². The van der Waals surface area contributed by atoms with Crippen LogP contribution in [0, 0.1) is 0 Å². The molecular formula is C12H16N2O2. The highest BCUT2D eigenvalue weighted by Crippen LogP contribution is 2.01. The number of nitrogens with zero attached hydrogens (tertiary/aromatic N) is 1. The van der Waals surface area contributed by atoms with Gasteiger partial charge in [-0.05, 0) is 13.8 Å². The number of aliphatic carboxylic acids is 1. The van der Waals surface area contributed by atoms with Gasteiger partial charge in [-0.3, -0.25) is 0 Å². The van der Waals surface area contributed by atoms with Crippen molar-refractivity contribution in [2.45, 2.75) is 13.8 Å². The first-order valence-corrected chi connectivity index (χ1v) is 4.70. The molecule has 0 saturated heterocycles. The summed E-state index contributed by atoms with van der Waals surface area (Å²) in [5.41, 5.74) is 6.77. The van der Waals surface area contributed by atoms with Crippen molar-refractivity contribution in [2.24, 2.45) is 10.7 Å². The maximum atomic E-state index is 10.6. The van der Waals surface area contributed by atoms with E-state index >= 15 is 0 Å². The lowest BCUT2D eigenvalue weighted by Crippen LogP contribution is -2.14. The highest BCUT2D eigenvalue weighted by molar-refractivity contribution is 6.04. The summed E-state index contributed by atoms with van der Waals surface area (Å²) >= 11 is 0. The highest BCUT2D eigenvalue weighted by Gasteiger charge is 2.01. The minimum atomic E-state index is -1.07. The molecule has 16 heavy (non-hydrogen) atoms. The molecule has 0 radical (unpaired) electrons. The summed E-state index contributed by atoms with van der Waals surface area (Å²) in [6.07, 6.45) is 7.45. The molecule has 0 fully saturated rings. The van der Waals surface area contributed by atoms with Gasteiger partial charge in [0.15, 0.2) is 0 Å². The first-order valence-electron chi connectivity index (χ1n) is 4.70. The molecular weight excluding hydrogens is 204 g/mol. The average molecular weight is 220 g/mol. The summed E-state index contributed by atoms with van der Waals surface area (Å²) in [7, 11) is 0. The topological polar surface area (TPSA) is 75.7 Å². The van der Waals surface area contributed by atoms with Crippen LogP contribution in [0.1, 0.15) is 13.8 Å². The van der Waals surface area contributed by atoms with E-state index in [0.29, 0.717) is 5.57 Å². The van der Waals surface area contributed by atoms with E-state index in [1.807, 2.05) is 0 Å². The van der Waals surface area contributed by atoms with E-state index in [-0.39, 0.29) is 5.84 Å². The van der Waals surface area contributed by atoms with Crippen molar-refractivity contribution in [1.29, 1.82) is 0 Å².